The highest BCUT2D eigenvalue weighted by Gasteiger charge is 2.35. The molecular formula is C10H20O2S. The number of hydrogen-bond acceptors (Lipinski definition) is 3. The van der Waals surface area contributed by atoms with E-state index < -0.39 is 0 Å². The average molecular weight is 204 g/mol. The van der Waals surface area contributed by atoms with E-state index in [1.54, 1.807) is 0 Å². The lowest BCUT2D eigenvalue weighted by molar-refractivity contribution is -0.0144. The summed E-state index contributed by atoms with van der Waals surface area (Å²) >= 11 is 4.36. The van der Waals surface area contributed by atoms with Gasteiger partial charge in [-0.15, -0.1) is 0 Å². The van der Waals surface area contributed by atoms with Crippen molar-refractivity contribution in [3.63, 3.8) is 0 Å². The fourth-order valence-electron chi connectivity index (χ4n) is 1.58. The highest BCUT2D eigenvalue weighted by Crippen LogP contribution is 2.41. The number of thiol groups is 1. The van der Waals surface area contributed by atoms with E-state index in [4.69, 9.17) is 9.47 Å². The number of ether oxygens (including phenoxy) is 2. The summed E-state index contributed by atoms with van der Waals surface area (Å²) in [7, 11) is 0. The van der Waals surface area contributed by atoms with Crippen molar-refractivity contribution in [3.8, 4) is 0 Å². The third kappa shape index (κ3) is 3.49. The molecule has 78 valence electrons. The van der Waals surface area contributed by atoms with Gasteiger partial charge in [0.1, 0.15) is 0 Å². The van der Waals surface area contributed by atoms with Crippen LogP contribution in [-0.2, 0) is 9.47 Å². The van der Waals surface area contributed by atoms with E-state index in [0.717, 1.165) is 32.2 Å². The van der Waals surface area contributed by atoms with E-state index >= 15 is 0 Å². The molecule has 13 heavy (non-hydrogen) atoms. The Kier molecular flexibility index (Phi) is 5.14. The molecule has 0 bridgehead atoms. The Morgan fingerprint density at radius 2 is 1.92 bits per heavy atom. The van der Waals surface area contributed by atoms with Crippen molar-refractivity contribution < 1.29 is 9.47 Å². The Morgan fingerprint density at radius 1 is 1.23 bits per heavy atom. The Labute approximate surface area is 86.4 Å². The summed E-state index contributed by atoms with van der Waals surface area (Å²) in [5.41, 5.74) is 0.398. The molecule has 0 aliphatic heterocycles. The molecule has 1 fully saturated rings. The van der Waals surface area contributed by atoms with Crippen LogP contribution in [0.25, 0.3) is 0 Å². The van der Waals surface area contributed by atoms with Crippen LogP contribution in [0.2, 0.25) is 0 Å². The van der Waals surface area contributed by atoms with Crippen LogP contribution >= 0.6 is 12.6 Å². The monoisotopic (exact) mass is 204 g/mol. The molecule has 0 unspecified atom stereocenters. The molecule has 0 aromatic carbocycles. The largest absolute Gasteiger partial charge is 0.379 e. The minimum absolute atomic E-state index is 0.398. The summed E-state index contributed by atoms with van der Waals surface area (Å²) < 4.78 is 10.7. The zero-order valence-corrected chi connectivity index (χ0v) is 9.31. The standard InChI is InChI=1S/C10H20O2S/c1-2-11-6-7-12-8-10(9-13)4-3-5-10/h13H,2-9H2,1H3. The highest BCUT2D eigenvalue weighted by molar-refractivity contribution is 7.80. The zero-order chi connectivity index (χ0) is 9.57. The summed E-state index contributed by atoms with van der Waals surface area (Å²) in [6.45, 7) is 5.09. The molecule has 1 saturated carbocycles. The molecule has 0 aromatic rings. The maximum absolute atomic E-state index is 5.56. The van der Waals surface area contributed by atoms with Gasteiger partial charge in [0.25, 0.3) is 0 Å². The second kappa shape index (κ2) is 5.89. The summed E-state index contributed by atoms with van der Waals surface area (Å²) in [6, 6.07) is 0. The van der Waals surface area contributed by atoms with Crippen molar-refractivity contribution in [3.05, 3.63) is 0 Å². The Balaban J connectivity index is 1.98. The van der Waals surface area contributed by atoms with Gasteiger partial charge in [-0.25, -0.2) is 0 Å². The van der Waals surface area contributed by atoms with E-state index in [1.165, 1.54) is 19.3 Å². The van der Waals surface area contributed by atoms with Crippen molar-refractivity contribution in [2.75, 3.05) is 32.2 Å². The molecule has 0 heterocycles. The first-order valence-electron chi connectivity index (χ1n) is 5.09. The molecule has 0 spiro atoms. The molecule has 1 aliphatic carbocycles. The molecule has 1 rings (SSSR count). The fraction of sp³-hybridized carbons (Fsp3) is 1.00. The lowest BCUT2D eigenvalue weighted by Gasteiger charge is -2.40. The van der Waals surface area contributed by atoms with Crippen LogP contribution in [0.1, 0.15) is 26.2 Å². The predicted octanol–water partition coefficient (Wildman–Crippen LogP) is 2.14. The van der Waals surface area contributed by atoms with Crippen LogP contribution < -0.4 is 0 Å². The van der Waals surface area contributed by atoms with Gasteiger partial charge in [-0.3, -0.25) is 0 Å². The van der Waals surface area contributed by atoms with Crippen LogP contribution in [0, 0.1) is 5.41 Å². The molecular weight excluding hydrogens is 184 g/mol. The van der Waals surface area contributed by atoms with Gasteiger partial charge in [0.2, 0.25) is 0 Å². The SMILES string of the molecule is CCOCCOCC1(CS)CCC1. The molecule has 0 saturated heterocycles. The van der Waals surface area contributed by atoms with Crippen LogP contribution in [-0.4, -0.2) is 32.2 Å². The average Bonchev–Trinajstić information content (AvgIpc) is 2.09. The van der Waals surface area contributed by atoms with Crippen LogP contribution in [0.15, 0.2) is 0 Å². The van der Waals surface area contributed by atoms with Crippen molar-refractivity contribution in [2.24, 2.45) is 5.41 Å². The van der Waals surface area contributed by atoms with E-state index in [-0.39, 0.29) is 0 Å². The van der Waals surface area contributed by atoms with E-state index in [2.05, 4.69) is 12.6 Å². The third-order valence-electron chi connectivity index (χ3n) is 2.73. The Hall–Kier alpha value is 0.270. The van der Waals surface area contributed by atoms with Crippen LogP contribution in [0.5, 0.6) is 0 Å². The van der Waals surface area contributed by atoms with Crippen LogP contribution in [0.4, 0.5) is 0 Å². The molecule has 0 atom stereocenters. The Morgan fingerprint density at radius 3 is 2.38 bits per heavy atom. The summed E-state index contributed by atoms with van der Waals surface area (Å²) in [5.74, 6) is 0.960. The van der Waals surface area contributed by atoms with Gasteiger partial charge in [0, 0.05) is 12.0 Å². The molecule has 0 N–H and O–H groups in total. The van der Waals surface area contributed by atoms with Gasteiger partial charge in [-0.05, 0) is 25.5 Å². The first-order valence-corrected chi connectivity index (χ1v) is 5.72. The minimum Gasteiger partial charge on any atom is -0.379 e. The van der Waals surface area contributed by atoms with Crippen LogP contribution in [0.3, 0.4) is 0 Å². The first-order chi connectivity index (χ1) is 6.33. The lowest BCUT2D eigenvalue weighted by atomic mass is 9.71. The lowest BCUT2D eigenvalue weighted by Crippen LogP contribution is -2.36. The molecule has 2 nitrogen and oxygen atoms in total. The topological polar surface area (TPSA) is 18.5 Å². The molecule has 1 aliphatic rings. The molecule has 0 amide bonds. The predicted molar refractivity (Wildman–Crippen MR) is 57.4 cm³/mol. The van der Waals surface area contributed by atoms with Crippen molar-refractivity contribution in [2.45, 2.75) is 26.2 Å². The summed E-state index contributed by atoms with van der Waals surface area (Å²) in [4.78, 5) is 0. The van der Waals surface area contributed by atoms with Crippen molar-refractivity contribution >= 4 is 12.6 Å². The fourth-order valence-corrected chi connectivity index (χ4v) is 1.98. The maximum Gasteiger partial charge on any atom is 0.0700 e. The van der Waals surface area contributed by atoms with Gasteiger partial charge in [0.05, 0.1) is 19.8 Å². The van der Waals surface area contributed by atoms with Gasteiger partial charge in [-0.1, -0.05) is 6.42 Å². The summed E-state index contributed by atoms with van der Waals surface area (Å²) in [6.07, 6.45) is 3.91. The van der Waals surface area contributed by atoms with E-state index in [9.17, 15) is 0 Å². The molecule has 0 aromatic heterocycles. The van der Waals surface area contributed by atoms with Gasteiger partial charge in [-0.2, -0.15) is 12.6 Å². The quantitative estimate of drug-likeness (QED) is 0.506. The Bertz CT molecular complexity index is 129. The zero-order valence-electron chi connectivity index (χ0n) is 8.42. The van der Waals surface area contributed by atoms with Gasteiger partial charge >= 0.3 is 0 Å². The second-order valence-electron chi connectivity index (χ2n) is 3.76. The van der Waals surface area contributed by atoms with Crippen molar-refractivity contribution in [1.82, 2.24) is 0 Å². The van der Waals surface area contributed by atoms with Gasteiger partial charge in [0.15, 0.2) is 0 Å². The smallest absolute Gasteiger partial charge is 0.0700 e. The minimum atomic E-state index is 0.398. The maximum atomic E-state index is 5.56. The van der Waals surface area contributed by atoms with Gasteiger partial charge < -0.3 is 9.47 Å². The van der Waals surface area contributed by atoms with E-state index in [0.29, 0.717) is 5.41 Å². The van der Waals surface area contributed by atoms with E-state index in [1.807, 2.05) is 6.92 Å². The normalized spacial score (nSPS) is 19.8. The van der Waals surface area contributed by atoms with Crippen molar-refractivity contribution in [1.29, 1.82) is 0 Å². The molecule has 0 radical (unpaired) electrons. The number of rotatable bonds is 7. The summed E-state index contributed by atoms with van der Waals surface area (Å²) in [5, 5.41) is 0. The number of hydrogen-bond donors (Lipinski definition) is 1. The first kappa shape index (κ1) is 11.3. The second-order valence-corrected chi connectivity index (χ2v) is 4.08. The molecule has 3 heteroatoms. The third-order valence-corrected chi connectivity index (χ3v) is 3.40. The highest BCUT2D eigenvalue weighted by atomic mass is 32.1.